The van der Waals surface area contributed by atoms with Crippen LogP contribution in [0.4, 0.5) is 11.4 Å². The van der Waals surface area contributed by atoms with Crippen LogP contribution >= 0.6 is 0 Å². The number of carboxylic acid groups (broad SMARTS) is 1. The number of non-ortho nitro benzene ring substituents is 1. The molecule has 0 aromatic heterocycles. The zero-order chi connectivity index (χ0) is 27.6. The van der Waals surface area contributed by atoms with E-state index in [1.54, 1.807) is 42.5 Å². The van der Waals surface area contributed by atoms with E-state index >= 15 is 0 Å². The number of aromatic carboxylic acids is 1. The van der Waals surface area contributed by atoms with E-state index in [4.69, 9.17) is 14.2 Å². The summed E-state index contributed by atoms with van der Waals surface area (Å²) in [6.45, 7) is 2.22. The Morgan fingerprint density at radius 1 is 1.00 bits per heavy atom. The van der Waals surface area contributed by atoms with Crippen LogP contribution in [0, 0.1) is 10.1 Å². The lowest BCUT2D eigenvalue weighted by atomic mass is 10.1. The molecule has 1 aliphatic rings. The number of nitro groups is 1. The summed E-state index contributed by atoms with van der Waals surface area (Å²) in [5.41, 5.74) is 1.18. The Morgan fingerprint density at radius 2 is 1.74 bits per heavy atom. The summed E-state index contributed by atoms with van der Waals surface area (Å²) in [5, 5.41) is 20.2. The number of benzene rings is 3. The third kappa shape index (κ3) is 7.55. The first-order valence-corrected chi connectivity index (χ1v) is 12.8. The molecule has 1 fully saturated rings. The average Bonchev–Trinajstić information content (AvgIpc) is 3.41. The predicted octanol–water partition coefficient (Wildman–Crippen LogP) is 5.36. The summed E-state index contributed by atoms with van der Waals surface area (Å²) >= 11 is 0. The summed E-state index contributed by atoms with van der Waals surface area (Å²) in [4.78, 5) is 36.8. The largest absolute Gasteiger partial charge is 0.493 e. The number of esters is 1. The monoisotopic (exact) mass is 534 g/mol. The SMILES string of the molecule is O=C(O)c1ccc(C(=O)Oc2ccccc2)c(OCCCCOCC2CCCN2c2ccc([N+](=O)[O-])cc2)c1. The molecule has 1 aliphatic heterocycles. The standard InChI is InChI=1S/C29H30N2O8/c32-28(33)21-10-15-26(29(34)39-25-8-2-1-3-9-25)27(19-21)38-18-5-4-17-37-20-24-7-6-16-30(24)22-11-13-23(14-12-22)31(35)36/h1-3,8-15,19,24H,4-7,16-18,20H2,(H,32,33). The highest BCUT2D eigenvalue weighted by molar-refractivity contribution is 5.96. The second-order valence-electron chi connectivity index (χ2n) is 9.11. The lowest BCUT2D eigenvalue weighted by Crippen LogP contribution is -2.33. The van der Waals surface area contributed by atoms with E-state index in [-0.39, 0.29) is 35.2 Å². The highest BCUT2D eigenvalue weighted by Gasteiger charge is 2.25. The van der Waals surface area contributed by atoms with Gasteiger partial charge in [0.25, 0.3) is 5.69 Å². The van der Waals surface area contributed by atoms with Crippen LogP contribution in [-0.2, 0) is 4.74 Å². The Hall–Kier alpha value is -4.44. The molecule has 1 saturated heterocycles. The Labute approximate surface area is 225 Å². The zero-order valence-electron chi connectivity index (χ0n) is 21.4. The highest BCUT2D eigenvalue weighted by Crippen LogP contribution is 2.28. The Morgan fingerprint density at radius 3 is 2.46 bits per heavy atom. The molecular formula is C29H30N2O8. The van der Waals surface area contributed by atoms with Crippen LogP contribution in [0.15, 0.2) is 72.8 Å². The molecule has 4 rings (SSSR count). The number of carbonyl (C=O) groups is 2. The summed E-state index contributed by atoms with van der Waals surface area (Å²) in [6, 6.07) is 19.5. The van der Waals surface area contributed by atoms with Crippen molar-refractivity contribution in [1.82, 2.24) is 0 Å². The van der Waals surface area contributed by atoms with Crippen LogP contribution < -0.4 is 14.4 Å². The summed E-state index contributed by atoms with van der Waals surface area (Å²) in [6.07, 6.45) is 3.37. The minimum absolute atomic E-state index is 0.0127. The summed E-state index contributed by atoms with van der Waals surface area (Å²) in [5.74, 6) is -1.22. The second kappa shape index (κ2) is 13.4. The molecule has 0 aliphatic carbocycles. The fourth-order valence-electron chi connectivity index (χ4n) is 4.42. The van der Waals surface area contributed by atoms with Gasteiger partial charge in [0.1, 0.15) is 17.1 Å². The summed E-state index contributed by atoms with van der Waals surface area (Å²) in [7, 11) is 0. The number of ether oxygens (including phenoxy) is 3. The number of carboxylic acids is 1. The van der Waals surface area contributed by atoms with Gasteiger partial charge in [-0.05, 0) is 68.1 Å². The van der Waals surface area contributed by atoms with Gasteiger partial charge in [-0.2, -0.15) is 0 Å². The molecule has 1 N–H and O–H groups in total. The van der Waals surface area contributed by atoms with Crippen molar-refractivity contribution in [2.24, 2.45) is 0 Å². The third-order valence-electron chi connectivity index (χ3n) is 6.42. The number of unbranched alkanes of at least 4 members (excludes halogenated alkanes) is 1. The van der Waals surface area contributed by atoms with Crippen molar-refractivity contribution in [3.63, 3.8) is 0 Å². The summed E-state index contributed by atoms with van der Waals surface area (Å²) < 4.78 is 17.1. The minimum Gasteiger partial charge on any atom is -0.493 e. The van der Waals surface area contributed by atoms with Gasteiger partial charge < -0.3 is 24.2 Å². The number of nitrogens with zero attached hydrogens (tertiary/aromatic N) is 2. The van der Waals surface area contributed by atoms with Crippen molar-refractivity contribution in [3.05, 3.63) is 94.0 Å². The van der Waals surface area contributed by atoms with Gasteiger partial charge in [0, 0.05) is 31.0 Å². The first-order chi connectivity index (χ1) is 18.9. The predicted molar refractivity (Wildman–Crippen MR) is 144 cm³/mol. The van der Waals surface area contributed by atoms with Gasteiger partial charge >= 0.3 is 11.9 Å². The maximum atomic E-state index is 12.7. The first-order valence-electron chi connectivity index (χ1n) is 12.8. The van der Waals surface area contributed by atoms with E-state index in [2.05, 4.69) is 4.90 Å². The molecule has 0 spiro atoms. The molecule has 39 heavy (non-hydrogen) atoms. The van der Waals surface area contributed by atoms with Gasteiger partial charge in [-0.25, -0.2) is 9.59 Å². The van der Waals surface area contributed by atoms with Crippen LogP contribution in [0.25, 0.3) is 0 Å². The topological polar surface area (TPSA) is 128 Å². The molecule has 1 unspecified atom stereocenters. The molecule has 3 aromatic rings. The van der Waals surface area contributed by atoms with Crippen molar-refractivity contribution < 1.29 is 33.8 Å². The molecular weight excluding hydrogens is 504 g/mol. The maximum Gasteiger partial charge on any atom is 0.347 e. The van der Waals surface area contributed by atoms with E-state index in [0.717, 1.165) is 25.1 Å². The normalized spacial score (nSPS) is 14.7. The second-order valence-corrected chi connectivity index (χ2v) is 9.11. The van der Waals surface area contributed by atoms with Crippen LogP contribution in [0.5, 0.6) is 11.5 Å². The van der Waals surface area contributed by atoms with Gasteiger partial charge in [0.05, 0.1) is 29.7 Å². The minimum atomic E-state index is -1.12. The van der Waals surface area contributed by atoms with Crippen LogP contribution in [0.3, 0.4) is 0 Å². The fourth-order valence-corrected chi connectivity index (χ4v) is 4.42. The van der Waals surface area contributed by atoms with Crippen LogP contribution in [0.2, 0.25) is 0 Å². The molecule has 0 radical (unpaired) electrons. The van der Waals surface area contributed by atoms with E-state index < -0.39 is 16.9 Å². The van der Waals surface area contributed by atoms with Crippen molar-refractivity contribution in [3.8, 4) is 11.5 Å². The number of hydrogen-bond acceptors (Lipinski definition) is 8. The Balaban J connectivity index is 1.23. The lowest BCUT2D eigenvalue weighted by Gasteiger charge is -2.26. The third-order valence-corrected chi connectivity index (χ3v) is 6.42. The van der Waals surface area contributed by atoms with Gasteiger partial charge in [0.2, 0.25) is 0 Å². The Bertz CT molecular complexity index is 1280. The van der Waals surface area contributed by atoms with Gasteiger partial charge in [0.15, 0.2) is 0 Å². The van der Waals surface area contributed by atoms with Crippen molar-refractivity contribution in [1.29, 1.82) is 0 Å². The maximum absolute atomic E-state index is 12.7. The fraction of sp³-hybridized carbons (Fsp3) is 0.310. The number of nitro benzene ring substituents is 1. The number of hydrogen-bond donors (Lipinski definition) is 1. The van der Waals surface area contributed by atoms with Crippen molar-refractivity contribution >= 4 is 23.3 Å². The van der Waals surface area contributed by atoms with Crippen molar-refractivity contribution in [2.45, 2.75) is 31.7 Å². The molecule has 10 heteroatoms. The van der Waals surface area contributed by atoms with E-state index in [9.17, 15) is 24.8 Å². The highest BCUT2D eigenvalue weighted by atomic mass is 16.6. The first kappa shape index (κ1) is 27.6. The molecule has 0 bridgehead atoms. The molecule has 0 saturated carbocycles. The van der Waals surface area contributed by atoms with E-state index in [1.807, 2.05) is 0 Å². The Kier molecular flexibility index (Phi) is 9.47. The lowest BCUT2D eigenvalue weighted by molar-refractivity contribution is -0.384. The van der Waals surface area contributed by atoms with Gasteiger partial charge in [-0.1, -0.05) is 18.2 Å². The quantitative estimate of drug-likeness (QED) is 0.101. The molecule has 204 valence electrons. The average molecular weight is 535 g/mol. The van der Waals surface area contributed by atoms with E-state index in [0.29, 0.717) is 31.8 Å². The number of carbonyl (C=O) groups excluding carboxylic acids is 1. The smallest absolute Gasteiger partial charge is 0.347 e. The molecule has 10 nitrogen and oxygen atoms in total. The van der Waals surface area contributed by atoms with Gasteiger partial charge in [-0.3, -0.25) is 10.1 Å². The zero-order valence-corrected chi connectivity index (χ0v) is 21.4. The van der Waals surface area contributed by atoms with Crippen LogP contribution in [-0.4, -0.2) is 54.4 Å². The van der Waals surface area contributed by atoms with Crippen LogP contribution in [0.1, 0.15) is 46.4 Å². The van der Waals surface area contributed by atoms with Crippen molar-refractivity contribution in [2.75, 3.05) is 31.3 Å². The number of rotatable bonds is 13. The number of para-hydroxylation sites is 1. The molecule has 3 aromatic carbocycles. The molecule has 1 atom stereocenters. The van der Waals surface area contributed by atoms with Gasteiger partial charge in [-0.15, -0.1) is 0 Å². The van der Waals surface area contributed by atoms with E-state index in [1.165, 1.54) is 30.3 Å². The number of anilines is 1. The molecule has 1 heterocycles. The molecule has 0 amide bonds.